The lowest BCUT2D eigenvalue weighted by molar-refractivity contribution is 0.642. The van der Waals surface area contributed by atoms with Crippen LogP contribution in [0.5, 0.6) is 0 Å². The quantitative estimate of drug-likeness (QED) is 0.680. The average molecular weight is 163 g/mol. The van der Waals surface area contributed by atoms with Crippen molar-refractivity contribution < 1.29 is 0 Å². The lowest BCUT2D eigenvalue weighted by Gasteiger charge is -2.12. The van der Waals surface area contributed by atoms with Gasteiger partial charge in [0.25, 0.3) is 0 Å². The van der Waals surface area contributed by atoms with Gasteiger partial charge in [-0.25, -0.2) is 0 Å². The highest BCUT2D eigenvalue weighted by molar-refractivity contribution is 5.40. The van der Waals surface area contributed by atoms with E-state index in [0.717, 1.165) is 5.69 Å². The van der Waals surface area contributed by atoms with Gasteiger partial charge in [0.2, 0.25) is 0 Å². The summed E-state index contributed by atoms with van der Waals surface area (Å²) in [5.74, 6) is 0.700. The van der Waals surface area contributed by atoms with Crippen molar-refractivity contribution >= 4 is 5.69 Å². The van der Waals surface area contributed by atoms with Crippen LogP contribution in [-0.4, -0.2) is 0 Å². The molecule has 0 saturated heterocycles. The Bertz CT molecular complexity index is 221. The molecule has 0 amide bonds. The van der Waals surface area contributed by atoms with E-state index in [4.69, 9.17) is 5.73 Å². The first-order chi connectivity index (χ1) is 5.77. The minimum absolute atomic E-state index is 0.700. The third-order valence-electron chi connectivity index (χ3n) is 2.39. The van der Waals surface area contributed by atoms with E-state index in [1.165, 1.54) is 18.4 Å². The molecule has 0 radical (unpaired) electrons. The van der Waals surface area contributed by atoms with Gasteiger partial charge < -0.3 is 5.73 Å². The molecular formula is C11H17N. The Hall–Kier alpha value is -0.980. The monoisotopic (exact) mass is 163 g/mol. The maximum absolute atomic E-state index is 5.61. The molecular weight excluding hydrogens is 146 g/mol. The fourth-order valence-electron chi connectivity index (χ4n) is 1.53. The summed E-state index contributed by atoms with van der Waals surface area (Å²) in [6.07, 6.45) is 2.42. The number of benzene rings is 1. The van der Waals surface area contributed by atoms with E-state index < -0.39 is 0 Å². The zero-order valence-corrected chi connectivity index (χ0v) is 7.88. The van der Waals surface area contributed by atoms with Crippen molar-refractivity contribution in [3.63, 3.8) is 0 Å². The van der Waals surface area contributed by atoms with Gasteiger partial charge in [-0.05, 0) is 36.5 Å². The number of rotatable bonds is 3. The van der Waals surface area contributed by atoms with E-state index in [9.17, 15) is 0 Å². The Morgan fingerprint density at radius 3 is 2.00 bits per heavy atom. The Morgan fingerprint density at radius 1 is 1.08 bits per heavy atom. The van der Waals surface area contributed by atoms with Gasteiger partial charge in [-0.15, -0.1) is 0 Å². The van der Waals surface area contributed by atoms with Gasteiger partial charge in [-0.2, -0.15) is 0 Å². The molecule has 0 atom stereocenters. The van der Waals surface area contributed by atoms with E-state index in [0.29, 0.717) is 5.92 Å². The first-order valence-corrected chi connectivity index (χ1v) is 4.63. The van der Waals surface area contributed by atoms with Crippen LogP contribution >= 0.6 is 0 Å². The highest BCUT2D eigenvalue weighted by Crippen LogP contribution is 2.23. The lowest BCUT2D eigenvalue weighted by Crippen LogP contribution is -1.95. The number of hydrogen-bond donors (Lipinski definition) is 1. The van der Waals surface area contributed by atoms with Crippen molar-refractivity contribution in [2.75, 3.05) is 5.73 Å². The number of anilines is 1. The van der Waals surface area contributed by atoms with Crippen LogP contribution in [-0.2, 0) is 0 Å². The van der Waals surface area contributed by atoms with Crippen molar-refractivity contribution in [2.24, 2.45) is 0 Å². The van der Waals surface area contributed by atoms with Crippen LogP contribution in [0, 0.1) is 0 Å². The number of nitrogen functional groups attached to an aromatic ring is 1. The Labute approximate surface area is 74.6 Å². The largest absolute Gasteiger partial charge is 0.399 e. The van der Waals surface area contributed by atoms with Gasteiger partial charge in [0.05, 0.1) is 0 Å². The Kier molecular flexibility index (Phi) is 3.15. The second kappa shape index (κ2) is 4.15. The zero-order chi connectivity index (χ0) is 8.97. The van der Waals surface area contributed by atoms with Crippen LogP contribution in [0.25, 0.3) is 0 Å². The topological polar surface area (TPSA) is 26.0 Å². The Balaban J connectivity index is 2.80. The highest BCUT2D eigenvalue weighted by atomic mass is 14.5. The maximum atomic E-state index is 5.61. The molecule has 1 nitrogen and oxygen atoms in total. The van der Waals surface area contributed by atoms with Crippen molar-refractivity contribution in [1.29, 1.82) is 0 Å². The second-order valence-corrected chi connectivity index (χ2v) is 3.18. The minimum atomic E-state index is 0.700. The van der Waals surface area contributed by atoms with E-state index in [1.54, 1.807) is 0 Å². The first kappa shape index (κ1) is 9.11. The molecule has 1 aromatic carbocycles. The minimum Gasteiger partial charge on any atom is -0.399 e. The predicted molar refractivity (Wildman–Crippen MR) is 54.2 cm³/mol. The molecule has 0 heterocycles. The van der Waals surface area contributed by atoms with Crippen LogP contribution < -0.4 is 5.73 Å². The third kappa shape index (κ3) is 2.00. The van der Waals surface area contributed by atoms with Gasteiger partial charge in [-0.3, -0.25) is 0 Å². The third-order valence-corrected chi connectivity index (χ3v) is 2.39. The molecule has 0 aliphatic rings. The maximum Gasteiger partial charge on any atom is 0.0314 e. The molecule has 12 heavy (non-hydrogen) atoms. The SMILES string of the molecule is CCC(CC)c1ccc(N)cc1. The molecule has 0 aromatic heterocycles. The van der Waals surface area contributed by atoms with Crippen molar-refractivity contribution in [2.45, 2.75) is 32.6 Å². The standard InChI is InChI=1S/C11H17N/c1-3-9(4-2)10-5-7-11(12)8-6-10/h5-9H,3-4,12H2,1-2H3. The van der Waals surface area contributed by atoms with Crippen molar-refractivity contribution in [1.82, 2.24) is 0 Å². The van der Waals surface area contributed by atoms with Crippen LogP contribution in [0.2, 0.25) is 0 Å². The number of nitrogens with two attached hydrogens (primary N) is 1. The summed E-state index contributed by atoms with van der Waals surface area (Å²) in [6, 6.07) is 8.22. The molecule has 0 saturated carbocycles. The van der Waals surface area contributed by atoms with Gasteiger partial charge in [-0.1, -0.05) is 26.0 Å². The van der Waals surface area contributed by atoms with Gasteiger partial charge in [0.15, 0.2) is 0 Å². The molecule has 1 aromatic rings. The van der Waals surface area contributed by atoms with Crippen LogP contribution in [0.4, 0.5) is 5.69 Å². The molecule has 0 aliphatic carbocycles. The summed E-state index contributed by atoms with van der Waals surface area (Å²) in [5, 5.41) is 0. The normalized spacial score (nSPS) is 10.6. The van der Waals surface area contributed by atoms with E-state index >= 15 is 0 Å². The smallest absolute Gasteiger partial charge is 0.0314 e. The predicted octanol–water partition coefficient (Wildman–Crippen LogP) is 3.17. The molecule has 0 aliphatic heterocycles. The van der Waals surface area contributed by atoms with E-state index in [-0.39, 0.29) is 0 Å². The molecule has 0 bridgehead atoms. The van der Waals surface area contributed by atoms with Crippen LogP contribution in [0.1, 0.15) is 38.2 Å². The Morgan fingerprint density at radius 2 is 1.58 bits per heavy atom. The number of hydrogen-bond acceptors (Lipinski definition) is 1. The van der Waals surface area contributed by atoms with Crippen molar-refractivity contribution in [3.8, 4) is 0 Å². The summed E-state index contributed by atoms with van der Waals surface area (Å²) in [5.41, 5.74) is 7.87. The zero-order valence-electron chi connectivity index (χ0n) is 7.88. The van der Waals surface area contributed by atoms with Gasteiger partial charge >= 0.3 is 0 Å². The van der Waals surface area contributed by atoms with Crippen LogP contribution in [0.3, 0.4) is 0 Å². The summed E-state index contributed by atoms with van der Waals surface area (Å²) in [7, 11) is 0. The molecule has 1 rings (SSSR count). The molecule has 1 heteroatoms. The summed E-state index contributed by atoms with van der Waals surface area (Å²) < 4.78 is 0. The summed E-state index contributed by atoms with van der Waals surface area (Å²) in [4.78, 5) is 0. The second-order valence-electron chi connectivity index (χ2n) is 3.18. The highest BCUT2D eigenvalue weighted by Gasteiger charge is 2.04. The van der Waals surface area contributed by atoms with E-state index in [1.807, 2.05) is 12.1 Å². The first-order valence-electron chi connectivity index (χ1n) is 4.63. The van der Waals surface area contributed by atoms with Crippen molar-refractivity contribution in [3.05, 3.63) is 29.8 Å². The molecule has 2 N–H and O–H groups in total. The van der Waals surface area contributed by atoms with Gasteiger partial charge in [0, 0.05) is 5.69 Å². The lowest BCUT2D eigenvalue weighted by atomic mass is 9.94. The summed E-state index contributed by atoms with van der Waals surface area (Å²) >= 11 is 0. The molecule has 0 unspecified atom stereocenters. The summed E-state index contributed by atoms with van der Waals surface area (Å²) in [6.45, 7) is 4.45. The van der Waals surface area contributed by atoms with Crippen LogP contribution in [0.15, 0.2) is 24.3 Å². The molecule has 0 fully saturated rings. The fraction of sp³-hybridized carbons (Fsp3) is 0.455. The van der Waals surface area contributed by atoms with E-state index in [2.05, 4.69) is 26.0 Å². The fourth-order valence-corrected chi connectivity index (χ4v) is 1.53. The van der Waals surface area contributed by atoms with Gasteiger partial charge in [0.1, 0.15) is 0 Å². The molecule has 66 valence electrons. The molecule has 0 spiro atoms. The average Bonchev–Trinajstić information content (AvgIpc) is 2.10.